The molecule has 0 amide bonds. The van der Waals surface area contributed by atoms with Gasteiger partial charge in [-0.3, -0.25) is 0 Å². The molecule has 2 atom stereocenters. The number of hydrogen-bond acceptors (Lipinski definition) is 5. The zero-order valence-corrected chi connectivity index (χ0v) is 16.5. The van der Waals surface area contributed by atoms with Gasteiger partial charge in [0.05, 0.1) is 28.4 Å². The lowest BCUT2D eigenvalue weighted by Crippen LogP contribution is -2.31. The Bertz CT molecular complexity index is 717. The fourth-order valence-corrected chi connectivity index (χ4v) is 3.11. The van der Waals surface area contributed by atoms with Crippen molar-refractivity contribution in [3.8, 4) is 23.0 Å². The zero-order valence-electron chi connectivity index (χ0n) is 16.5. The van der Waals surface area contributed by atoms with Crippen LogP contribution >= 0.6 is 0 Å². The van der Waals surface area contributed by atoms with Gasteiger partial charge in [0.25, 0.3) is 0 Å². The molecule has 0 aliphatic rings. The van der Waals surface area contributed by atoms with Gasteiger partial charge in [-0.1, -0.05) is 6.07 Å². The van der Waals surface area contributed by atoms with E-state index in [4.69, 9.17) is 18.9 Å². The first-order valence-electron chi connectivity index (χ1n) is 8.71. The van der Waals surface area contributed by atoms with Crippen molar-refractivity contribution < 1.29 is 18.9 Å². The van der Waals surface area contributed by atoms with E-state index in [1.165, 1.54) is 5.56 Å². The van der Waals surface area contributed by atoms with E-state index < -0.39 is 0 Å². The third-order valence-electron chi connectivity index (χ3n) is 4.43. The summed E-state index contributed by atoms with van der Waals surface area (Å²) < 4.78 is 21.5. The molecule has 1 N–H and O–H groups in total. The standard InChI is InChI=1S/C21H29NO4/c1-14(11-16-7-9-20(25-5)21(12-16)26-6)22-15(2)18-13-17(23-3)8-10-19(18)24-4/h7-10,12-15,22H,11H2,1-6H3. The monoisotopic (exact) mass is 359 g/mol. The predicted molar refractivity (Wildman–Crippen MR) is 104 cm³/mol. The Balaban J connectivity index is 2.09. The average Bonchev–Trinajstić information content (AvgIpc) is 2.66. The average molecular weight is 359 g/mol. The first-order valence-corrected chi connectivity index (χ1v) is 8.71. The molecule has 0 aliphatic heterocycles. The maximum Gasteiger partial charge on any atom is 0.160 e. The summed E-state index contributed by atoms with van der Waals surface area (Å²) in [5.74, 6) is 3.16. The molecule has 0 fully saturated rings. The second-order valence-electron chi connectivity index (χ2n) is 6.29. The van der Waals surface area contributed by atoms with Gasteiger partial charge < -0.3 is 24.3 Å². The van der Waals surface area contributed by atoms with Crippen molar-refractivity contribution in [3.05, 3.63) is 47.5 Å². The second-order valence-corrected chi connectivity index (χ2v) is 6.29. The Morgan fingerprint density at radius 2 is 1.42 bits per heavy atom. The first kappa shape index (κ1) is 19.9. The molecule has 0 radical (unpaired) electrons. The second kappa shape index (κ2) is 9.34. The fraction of sp³-hybridized carbons (Fsp3) is 0.429. The SMILES string of the molecule is COc1ccc(OC)c(C(C)NC(C)Cc2ccc(OC)c(OC)c2)c1. The van der Waals surface area contributed by atoms with Crippen LogP contribution in [0.15, 0.2) is 36.4 Å². The van der Waals surface area contributed by atoms with E-state index in [0.717, 1.165) is 35.0 Å². The number of methoxy groups -OCH3 is 4. The van der Waals surface area contributed by atoms with Crippen molar-refractivity contribution in [1.82, 2.24) is 5.32 Å². The van der Waals surface area contributed by atoms with Crippen LogP contribution in [-0.4, -0.2) is 34.5 Å². The van der Waals surface area contributed by atoms with Crippen molar-refractivity contribution in [2.75, 3.05) is 28.4 Å². The van der Waals surface area contributed by atoms with E-state index >= 15 is 0 Å². The van der Waals surface area contributed by atoms with Crippen molar-refractivity contribution >= 4 is 0 Å². The Kier molecular flexibility index (Phi) is 7.16. The Morgan fingerprint density at radius 1 is 0.769 bits per heavy atom. The molecule has 0 aromatic heterocycles. The van der Waals surface area contributed by atoms with Crippen LogP contribution in [0.1, 0.15) is 31.0 Å². The van der Waals surface area contributed by atoms with Crippen LogP contribution in [0.25, 0.3) is 0 Å². The van der Waals surface area contributed by atoms with Gasteiger partial charge in [0.1, 0.15) is 11.5 Å². The van der Waals surface area contributed by atoms with Gasteiger partial charge in [-0.2, -0.15) is 0 Å². The maximum absolute atomic E-state index is 5.50. The molecule has 0 aliphatic carbocycles. The quantitative estimate of drug-likeness (QED) is 0.733. The third kappa shape index (κ3) is 4.82. The molecular weight excluding hydrogens is 330 g/mol. The number of rotatable bonds is 9. The van der Waals surface area contributed by atoms with Gasteiger partial charge in [0, 0.05) is 17.6 Å². The highest BCUT2D eigenvalue weighted by atomic mass is 16.5. The Labute approximate surface area is 156 Å². The van der Waals surface area contributed by atoms with Crippen LogP contribution in [0.5, 0.6) is 23.0 Å². The molecule has 142 valence electrons. The lowest BCUT2D eigenvalue weighted by molar-refractivity contribution is 0.354. The van der Waals surface area contributed by atoms with Crippen molar-refractivity contribution in [2.45, 2.75) is 32.4 Å². The number of hydrogen-bond donors (Lipinski definition) is 1. The van der Waals surface area contributed by atoms with Crippen LogP contribution in [0, 0.1) is 0 Å². The van der Waals surface area contributed by atoms with Gasteiger partial charge in [-0.25, -0.2) is 0 Å². The summed E-state index contributed by atoms with van der Waals surface area (Å²) in [5.41, 5.74) is 2.26. The zero-order chi connectivity index (χ0) is 19.1. The summed E-state index contributed by atoms with van der Waals surface area (Å²) in [6, 6.07) is 12.3. The van der Waals surface area contributed by atoms with Gasteiger partial charge in [-0.05, 0) is 56.2 Å². The van der Waals surface area contributed by atoms with E-state index in [-0.39, 0.29) is 12.1 Å². The molecular formula is C21H29NO4. The summed E-state index contributed by atoms with van der Waals surface area (Å²) >= 11 is 0. The molecule has 0 spiro atoms. The number of ether oxygens (including phenoxy) is 4. The van der Waals surface area contributed by atoms with E-state index in [0.29, 0.717) is 0 Å². The highest BCUT2D eigenvalue weighted by Gasteiger charge is 2.16. The van der Waals surface area contributed by atoms with Crippen LogP contribution in [0.4, 0.5) is 0 Å². The molecule has 2 aromatic rings. The van der Waals surface area contributed by atoms with Crippen LogP contribution < -0.4 is 24.3 Å². The summed E-state index contributed by atoms with van der Waals surface area (Å²) in [4.78, 5) is 0. The molecule has 0 saturated carbocycles. The Hall–Kier alpha value is -2.40. The summed E-state index contributed by atoms with van der Waals surface area (Å²) in [6.45, 7) is 4.29. The van der Waals surface area contributed by atoms with Gasteiger partial charge in [-0.15, -0.1) is 0 Å². The van der Waals surface area contributed by atoms with E-state index in [1.807, 2.05) is 30.3 Å². The molecule has 0 bridgehead atoms. The minimum Gasteiger partial charge on any atom is -0.497 e. The van der Waals surface area contributed by atoms with Crippen molar-refractivity contribution in [3.63, 3.8) is 0 Å². The molecule has 26 heavy (non-hydrogen) atoms. The summed E-state index contributed by atoms with van der Waals surface area (Å²) in [7, 11) is 6.65. The van der Waals surface area contributed by atoms with Crippen molar-refractivity contribution in [2.24, 2.45) is 0 Å². The fourth-order valence-electron chi connectivity index (χ4n) is 3.11. The van der Waals surface area contributed by atoms with Crippen molar-refractivity contribution in [1.29, 1.82) is 0 Å². The lowest BCUT2D eigenvalue weighted by atomic mass is 10.0. The molecule has 2 aromatic carbocycles. The van der Waals surface area contributed by atoms with E-state index in [9.17, 15) is 0 Å². The highest BCUT2D eigenvalue weighted by molar-refractivity contribution is 5.43. The first-order chi connectivity index (χ1) is 12.5. The third-order valence-corrected chi connectivity index (χ3v) is 4.43. The molecule has 5 heteroatoms. The largest absolute Gasteiger partial charge is 0.497 e. The Morgan fingerprint density at radius 3 is 2.04 bits per heavy atom. The topological polar surface area (TPSA) is 49.0 Å². The van der Waals surface area contributed by atoms with E-state index in [1.54, 1.807) is 28.4 Å². The minimum atomic E-state index is 0.121. The summed E-state index contributed by atoms with van der Waals surface area (Å²) in [6.07, 6.45) is 0.872. The smallest absolute Gasteiger partial charge is 0.160 e. The summed E-state index contributed by atoms with van der Waals surface area (Å²) in [5, 5.41) is 3.63. The molecule has 5 nitrogen and oxygen atoms in total. The predicted octanol–water partition coefficient (Wildman–Crippen LogP) is 4.00. The highest BCUT2D eigenvalue weighted by Crippen LogP contribution is 2.30. The molecule has 2 unspecified atom stereocenters. The van der Waals surface area contributed by atoms with Gasteiger partial charge in [0.2, 0.25) is 0 Å². The lowest BCUT2D eigenvalue weighted by Gasteiger charge is -2.23. The van der Waals surface area contributed by atoms with E-state index in [2.05, 4.69) is 25.2 Å². The van der Waals surface area contributed by atoms with Crippen LogP contribution in [-0.2, 0) is 6.42 Å². The molecule has 0 saturated heterocycles. The minimum absolute atomic E-state index is 0.121. The normalized spacial score (nSPS) is 13.0. The van der Waals surface area contributed by atoms with Crippen LogP contribution in [0.3, 0.4) is 0 Å². The van der Waals surface area contributed by atoms with Crippen LogP contribution in [0.2, 0.25) is 0 Å². The maximum atomic E-state index is 5.50. The van der Waals surface area contributed by atoms with Gasteiger partial charge in [0.15, 0.2) is 11.5 Å². The van der Waals surface area contributed by atoms with Gasteiger partial charge >= 0.3 is 0 Å². The molecule has 0 heterocycles. The number of nitrogens with one attached hydrogen (secondary N) is 1. The molecule has 2 rings (SSSR count). The number of benzene rings is 2.